The molecule has 0 bridgehead atoms. The second-order valence-corrected chi connectivity index (χ2v) is 7.69. The fourth-order valence-electron chi connectivity index (χ4n) is 3.97. The molecular formula is C17H23N3O6. The third kappa shape index (κ3) is 3.06. The highest BCUT2D eigenvalue weighted by molar-refractivity contribution is 6.04. The van der Waals surface area contributed by atoms with E-state index < -0.39 is 23.2 Å². The molecule has 3 fully saturated rings. The smallest absolute Gasteiger partial charge is 0.307 e. The van der Waals surface area contributed by atoms with E-state index in [-0.39, 0.29) is 43.0 Å². The van der Waals surface area contributed by atoms with E-state index in [1.54, 1.807) is 18.7 Å². The van der Waals surface area contributed by atoms with Crippen LogP contribution in [0, 0.1) is 17.3 Å². The first-order chi connectivity index (χ1) is 12.1. The molecule has 1 N–H and O–H groups in total. The molecule has 142 valence electrons. The number of piperazine rings is 1. The lowest BCUT2D eigenvalue weighted by Crippen LogP contribution is -2.53. The minimum absolute atomic E-state index is 0.149. The van der Waals surface area contributed by atoms with E-state index in [4.69, 9.17) is 0 Å². The van der Waals surface area contributed by atoms with Crippen LogP contribution in [0.2, 0.25) is 0 Å². The number of imide groups is 1. The van der Waals surface area contributed by atoms with Gasteiger partial charge in [0.15, 0.2) is 0 Å². The van der Waals surface area contributed by atoms with E-state index in [1.165, 1.54) is 4.90 Å². The average molecular weight is 365 g/mol. The molecule has 9 heteroatoms. The van der Waals surface area contributed by atoms with Gasteiger partial charge in [-0.2, -0.15) is 0 Å². The number of hydrogen-bond acceptors (Lipinski definition) is 5. The van der Waals surface area contributed by atoms with E-state index in [0.29, 0.717) is 26.2 Å². The van der Waals surface area contributed by atoms with Crippen molar-refractivity contribution in [2.45, 2.75) is 26.7 Å². The van der Waals surface area contributed by atoms with Crippen molar-refractivity contribution < 1.29 is 29.1 Å². The lowest BCUT2D eigenvalue weighted by Gasteiger charge is -2.35. The summed E-state index contributed by atoms with van der Waals surface area (Å²) in [5.41, 5.74) is -0.549. The molecule has 26 heavy (non-hydrogen) atoms. The van der Waals surface area contributed by atoms with Crippen molar-refractivity contribution in [3.63, 3.8) is 0 Å². The summed E-state index contributed by atoms with van der Waals surface area (Å²) < 4.78 is 0. The minimum atomic E-state index is -0.956. The van der Waals surface area contributed by atoms with Crippen LogP contribution >= 0.6 is 0 Å². The van der Waals surface area contributed by atoms with Gasteiger partial charge in [0.1, 0.15) is 6.54 Å². The number of hydrogen-bond donors (Lipinski definition) is 1. The third-order valence-electron chi connectivity index (χ3n) is 5.75. The number of carboxylic acid groups (broad SMARTS) is 1. The van der Waals surface area contributed by atoms with Crippen molar-refractivity contribution >= 4 is 29.6 Å². The largest absolute Gasteiger partial charge is 0.481 e. The molecule has 0 aromatic heterocycles. The van der Waals surface area contributed by atoms with Crippen molar-refractivity contribution in [1.82, 2.24) is 14.7 Å². The van der Waals surface area contributed by atoms with Crippen LogP contribution < -0.4 is 0 Å². The molecule has 4 amide bonds. The molecule has 0 aromatic rings. The van der Waals surface area contributed by atoms with Gasteiger partial charge in [-0.05, 0) is 5.41 Å². The van der Waals surface area contributed by atoms with Crippen molar-refractivity contribution in [3.05, 3.63) is 0 Å². The molecule has 2 atom stereocenters. The zero-order valence-corrected chi connectivity index (χ0v) is 14.9. The minimum Gasteiger partial charge on any atom is -0.481 e. The van der Waals surface area contributed by atoms with E-state index >= 15 is 0 Å². The van der Waals surface area contributed by atoms with Crippen LogP contribution in [0.15, 0.2) is 0 Å². The van der Waals surface area contributed by atoms with Gasteiger partial charge >= 0.3 is 5.97 Å². The Morgan fingerprint density at radius 3 is 1.92 bits per heavy atom. The molecule has 2 saturated heterocycles. The first-order valence-electron chi connectivity index (χ1n) is 8.77. The predicted octanol–water partition coefficient (Wildman–Crippen LogP) is -0.837. The lowest BCUT2D eigenvalue weighted by molar-refractivity contribution is -0.147. The molecule has 0 unspecified atom stereocenters. The van der Waals surface area contributed by atoms with Crippen molar-refractivity contribution in [3.8, 4) is 0 Å². The van der Waals surface area contributed by atoms with E-state index in [0.717, 1.165) is 4.90 Å². The maximum atomic E-state index is 12.6. The molecule has 2 aliphatic heterocycles. The van der Waals surface area contributed by atoms with E-state index in [9.17, 15) is 29.1 Å². The van der Waals surface area contributed by atoms with Gasteiger partial charge in [-0.15, -0.1) is 0 Å². The Morgan fingerprint density at radius 1 is 0.962 bits per heavy atom. The van der Waals surface area contributed by atoms with Gasteiger partial charge in [0, 0.05) is 39.0 Å². The summed E-state index contributed by atoms with van der Waals surface area (Å²) in [7, 11) is 0. The fourth-order valence-corrected chi connectivity index (χ4v) is 3.97. The Balaban J connectivity index is 1.52. The zero-order valence-electron chi connectivity index (χ0n) is 14.9. The van der Waals surface area contributed by atoms with Gasteiger partial charge in [-0.1, -0.05) is 13.8 Å². The molecule has 2 heterocycles. The van der Waals surface area contributed by atoms with Crippen LogP contribution in [0.3, 0.4) is 0 Å². The zero-order chi connectivity index (χ0) is 19.2. The Labute approximate surface area is 150 Å². The van der Waals surface area contributed by atoms with Gasteiger partial charge in [0.2, 0.25) is 23.6 Å². The number of carbonyl (C=O) groups excluding carboxylic acids is 4. The summed E-state index contributed by atoms with van der Waals surface area (Å²) in [6.07, 6.45) is 0.298. The van der Waals surface area contributed by atoms with E-state index in [2.05, 4.69) is 0 Å². The summed E-state index contributed by atoms with van der Waals surface area (Å²) in [5.74, 6) is -3.29. The summed E-state index contributed by atoms with van der Waals surface area (Å²) in [6.45, 7) is 4.58. The highest BCUT2D eigenvalue weighted by atomic mass is 16.4. The summed E-state index contributed by atoms with van der Waals surface area (Å²) in [4.78, 5) is 63.5. The van der Waals surface area contributed by atoms with Gasteiger partial charge in [-0.25, -0.2) is 0 Å². The van der Waals surface area contributed by atoms with Crippen molar-refractivity contribution in [1.29, 1.82) is 0 Å². The van der Waals surface area contributed by atoms with E-state index in [1.807, 2.05) is 0 Å². The maximum absolute atomic E-state index is 12.6. The maximum Gasteiger partial charge on any atom is 0.307 e. The number of carbonyl (C=O) groups is 5. The molecule has 9 nitrogen and oxygen atoms in total. The molecular weight excluding hydrogens is 342 g/mol. The van der Waals surface area contributed by atoms with Gasteiger partial charge in [0.25, 0.3) is 0 Å². The molecule has 0 spiro atoms. The van der Waals surface area contributed by atoms with Gasteiger partial charge < -0.3 is 14.9 Å². The first-order valence-corrected chi connectivity index (χ1v) is 8.77. The number of nitrogens with zero attached hydrogens (tertiary/aromatic N) is 3. The Hall–Kier alpha value is -2.45. The van der Waals surface area contributed by atoms with Crippen molar-refractivity contribution in [2.75, 3.05) is 32.7 Å². The molecule has 0 aromatic carbocycles. The molecule has 3 aliphatic rings. The predicted molar refractivity (Wildman–Crippen MR) is 87.5 cm³/mol. The van der Waals surface area contributed by atoms with Crippen LogP contribution in [-0.2, 0) is 24.0 Å². The average Bonchev–Trinajstić information content (AvgIpc) is 3.05. The lowest BCUT2D eigenvalue weighted by atomic mass is 10.1. The highest BCUT2D eigenvalue weighted by Crippen LogP contribution is 2.59. The summed E-state index contributed by atoms with van der Waals surface area (Å²) in [6, 6.07) is 0. The number of aliphatic carboxylic acids is 1. The van der Waals surface area contributed by atoms with Crippen LogP contribution in [-0.4, -0.2) is 82.1 Å². The first kappa shape index (κ1) is 18.3. The van der Waals surface area contributed by atoms with Crippen LogP contribution in [0.25, 0.3) is 0 Å². The third-order valence-corrected chi connectivity index (χ3v) is 5.75. The second-order valence-electron chi connectivity index (χ2n) is 7.69. The summed E-state index contributed by atoms with van der Waals surface area (Å²) >= 11 is 0. The van der Waals surface area contributed by atoms with Gasteiger partial charge in [-0.3, -0.25) is 28.9 Å². The molecule has 3 rings (SSSR count). The van der Waals surface area contributed by atoms with Crippen LogP contribution in [0.4, 0.5) is 0 Å². The normalized spacial score (nSPS) is 27.7. The van der Waals surface area contributed by atoms with Crippen molar-refractivity contribution in [2.24, 2.45) is 17.3 Å². The molecule has 1 saturated carbocycles. The highest BCUT2D eigenvalue weighted by Gasteiger charge is 2.66. The molecule has 1 aliphatic carbocycles. The Morgan fingerprint density at radius 2 is 1.46 bits per heavy atom. The standard InChI is InChI=1S/C17H23N3O6/c1-17(2)13(14(17)16(25)26)15(24)19-7-5-18(6-8-19)12(23)9-20-10(21)3-4-11(20)22/h13-14H,3-9H2,1-2H3,(H,25,26)/t13-,14+/m1/s1. The number of amides is 4. The second kappa shape index (κ2) is 6.37. The van der Waals surface area contributed by atoms with Crippen LogP contribution in [0.5, 0.6) is 0 Å². The van der Waals surface area contributed by atoms with Gasteiger partial charge in [0.05, 0.1) is 11.8 Å². The SMILES string of the molecule is CC1(C)[C@H](C(=O)O)[C@@H]1C(=O)N1CCN(C(=O)CN2C(=O)CCC2=O)CC1. The number of carboxylic acids is 1. The number of rotatable bonds is 4. The Kier molecular flexibility index (Phi) is 4.49. The van der Waals surface area contributed by atoms with Crippen LogP contribution in [0.1, 0.15) is 26.7 Å². The number of likely N-dealkylation sites (tertiary alicyclic amines) is 1. The monoisotopic (exact) mass is 365 g/mol. The topological polar surface area (TPSA) is 115 Å². The Bertz CT molecular complexity index is 664. The fraction of sp³-hybridized carbons (Fsp3) is 0.706. The molecule has 0 radical (unpaired) electrons. The summed E-state index contributed by atoms with van der Waals surface area (Å²) in [5, 5.41) is 9.22. The quantitative estimate of drug-likeness (QED) is 0.650.